The van der Waals surface area contributed by atoms with E-state index in [4.69, 9.17) is 4.74 Å². The molecule has 1 aliphatic heterocycles. The Morgan fingerprint density at radius 3 is 2.59 bits per heavy atom. The summed E-state index contributed by atoms with van der Waals surface area (Å²) in [6.45, 7) is 3.81. The molecule has 2 aromatic rings. The maximum Gasteiger partial charge on any atom is 0.350 e. The number of methoxy groups -OCH3 is 1. The van der Waals surface area contributed by atoms with Crippen LogP contribution in [0.15, 0.2) is 47.9 Å². The second kappa shape index (κ2) is 9.34. The Kier molecular flexibility index (Phi) is 6.62. The number of ether oxygens (including phenoxy) is 1. The minimum Gasteiger partial charge on any atom is -0.465 e. The van der Waals surface area contributed by atoms with Gasteiger partial charge in [-0.15, -0.1) is 11.3 Å². The summed E-state index contributed by atoms with van der Waals surface area (Å²) in [4.78, 5) is 28.7. The van der Waals surface area contributed by atoms with Gasteiger partial charge in [0.2, 0.25) is 0 Å². The Morgan fingerprint density at radius 2 is 1.89 bits per heavy atom. The molecule has 6 nitrogen and oxygen atoms in total. The van der Waals surface area contributed by atoms with E-state index in [1.165, 1.54) is 24.0 Å². The largest absolute Gasteiger partial charge is 0.465 e. The van der Waals surface area contributed by atoms with Crippen molar-refractivity contribution >= 4 is 35.1 Å². The first-order valence-corrected chi connectivity index (χ1v) is 9.71. The van der Waals surface area contributed by atoms with Gasteiger partial charge in [0.1, 0.15) is 4.88 Å². The summed E-state index contributed by atoms with van der Waals surface area (Å²) in [5.41, 5.74) is 1.69. The maximum atomic E-state index is 12.5. The van der Waals surface area contributed by atoms with Gasteiger partial charge in [0, 0.05) is 32.7 Å². The van der Waals surface area contributed by atoms with E-state index < -0.39 is 5.97 Å². The van der Waals surface area contributed by atoms with Crippen LogP contribution >= 0.6 is 11.3 Å². The van der Waals surface area contributed by atoms with Crippen molar-refractivity contribution in [1.82, 2.24) is 9.80 Å². The predicted molar refractivity (Wildman–Crippen MR) is 108 cm³/mol. The van der Waals surface area contributed by atoms with Gasteiger partial charge in [-0.05, 0) is 17.0 Å². The summed E-state index contributed by atoms with van der Waals surface area (Å²) in [7, 11) is 1.33. The number of thiophene rings is 1. The molecule has 7 heteroatoms. The zero-order valence-electron chi connectivity index (χ0n) is 15.3. The van der Waals surface area contributed by atoms with E-state index >= 15 is 0 Å². The van der Waals surface area contributed by atoms with Crippen LogP contribution in [0.1, 0.15) is 15.2 Å². The summed E-state index contributed by atoms with van der Waals surface area (Å²) >= 11 is 1.25. The van der Waals surface area contributed by atoms with Crippen LogP contribution in [0.2, 0.25) is 0 Å². The first-order valence-electron chi connectivity index (χ1n) is 8.83. The molecule has 2 amide bonds. The van der Waals surface area contributed by atoms with Crippen molar-refractivity contribution in [3.05, 3.63) is 58.3 Å². The van der Waals surface area contributed by atoms with Gasteiger partial charge in [-0.2, -0.15) is 0 Å². The molecule has 1 aromatic heterocycles. The molecule has 0 unspecified atom stereocenters. The third kappa shape index (κ3) is 5.18. The quantitative estimate of drug-likeness (QED) is 0.802. The lowest BCUT2D eigenvalue weighted by atomic mass is 10.2. The molecule has 0 bridgehead atoms. The molecule has 0 atom stereocenters. The molecular formula is C20H23N3O3S. The third-order valence-electron chi connectivity index (χ3n) is 4.41. The number of piperazine rings is 1. The Labute approximate surface area is 163 Å². The van der Waals surface area contributed by atoms with E-state index in [0.717, 1.165) is 19.6 Å². The van der Waals surface area contributed by atoms with Crippen molar-refractivity contribution in [1.29, 1.82) is 0 Å². The van der Waals surface area contributed by atoms with Crippen molar-refractivity contribution in [2.45, 2.75) is 0 Å². The molecule has 27 heavy (non-hydrogen) atoms. The molecule has 0 radical (unpaired) electrons. The highest BCUT2D eigenvalue weighted by molar-refractivity contribution is 7.12. The second-order valence-corrected chi connectivity index (χ2v) is 7.10. The van der Waals surface area contributed by atoms with Crippen LogP contribution < -0.4 is 5.32 Å². The summed E-state index contributed by atoms with van der Waals surface area (Å²) in [5.74, 6) is -0.435. The van der Waals surface area contributed by atoms with Gasteiger partial charge in [0.25, 0.3) is 0 Å². The number of amides is 2. The minimum atomic E-state index is -0.435. The van der Waals surface area contributed by atoms with Crippen LogP contribution in [0.4, 0.5) is 10.5 Å². The summed E-state index contributed by atoms with van der Waals surface area (Å²) in [6, 6.07) is 11.7. The highest BCUT2D eigenvalue weighted by atomic mass is 32.1. The zero-order valence-corrected chi connectivity index (χ0v) is 16.1. The predicted octanol–water partition coefficient (Wildman–Crippen LogP) is 3.40. The minimum absolute atomic E-state index is 0.182. The SMILES string of the molecule is COC(=O)c1sccc1NC(=O)N1CCN(C/C=C/c2ccccc2)CC1. The van der Waals surface area contributed by atoms with E-state index in [1.54, 1.807) is 16.3 Å². The standard InChI is InChI=1S/C20H23N3O3S/c1-26-19(24)18-17(9-15-27-18)21-20(25)23-13-11-22(12-14-23)10-5-8-16-6-3-2-4-7-16/h2-9,15H,10-14H2,1H3,(H,21,25)/b8-5+. The molecule has 1 saturated heterocycles. The van der Waals surface area contributed by atoms with E-state index in [2.05, 4.69) is 34.5 Å². The average Bonchev–Trinajstić information content (AvgIpc) is 3.17. The topological polar surface area (TPSA) is 61.9 Å². The molecule has 0 aliphatic carbocycles. The first kappa shape index (κ1) is 19.1. The normalized spacial score (nSPS) is 15.1. The van der Waals surface area contributed by atoms with Crippen molar-refractivity contribution in [2.24, 2.45) is 0 Å². The highest BCUT2D eigenvalue weighted by Gasteiger charge is 2.22. The molecule has 3 rings (SSSR count). The van der Waals surface area contributed by atoms with Crippen molar-refractivity contribution in [3.8, 4) is 0 Å². The monoisotopic (exact) mass is 385 g/mol. The number of carbonyl (C=O) groups excluding carboxylic acids is 2. The van der Waals surface area contributed by atoms with Crippen LogP contribution in [0.5, 0.6) is 0 Å². The number of rotatable bonds is 5. The second-order valence-electron chi connectivity index (χ2n) is 6.19. The van der Waals surface area contributed by atoms with Gasteiger partial charge in [-0.3, -0.25) is 4.90 Å². The Hall–Kier alpha value is -2.64. The molecular weight excluding hydrogens is 362 g/mol. The number of nitrogens with one attached hydrogen (secondary N) is 1. The lowest BCUT2D eigenvalue weighted by Crippen LogP contribution is -2.50. The first-order chi connectivity index (χ1) is 13.2. The van der Waals surface area contributed by atoms with Crippen LogP contribution in [0, 0.1) is 0 Å². The number of hydrogen-bond acceptors (Lipinski definition) is 5. The number of anilines is 1. The summed E-state index contributed by atoms with van der Waals surface area (Å²) < 4.78 is 4.74. The van der Waals surface area contributed by atoms with Gasteiger partial charge in [0.05, 0.1) is 12.8 Å². The Balaban J connectivity index is 1.46. The van der Waals surface area contributed by atoms with Crippen molar-refractivity contribution in [3.63, 3.8) is 0 Å². The fourth-order valence-corrected chi connectivity index (χ4v) is 3.65. The molecule has 0 saturated carbocycles. The number of carbonyl (C=O) groups is 2. The van der Waals surface area contributed by atoms with Crippen LogP contribution in [-0.2, 0) is 4.74 Å². The van der Waals surface area contributed by atoms with Crippen LogP contribution in [-0.4, -0.2) is 61.6 Å². The highest BCUT2D eigenvalue weighted by Crippen LogP contribution is 2.23. The number of benzene rings is 1. The van der Waals surface area contributed by atoms with Gasteiger partial charge in [-0.25, -0.2) is 9.59 Å². The summed E-state index contributed by atoms with van der Waals surface area (Å²) in [6.07, 6.45) is 4.27. The van der Waals surface area contributed by atoms with Gasteiger partial charge >= 0.3 is 12.0 Å². The fraction of sp³-hybridized carbons (Fsp3) is 0.300. The van der Waals surface area contributed by atoms with E-state index in [1.807, 2.05) is 18.2 Å². The average molecular weight is 385 g/mol. The number of urea groups is 1. The van der Waals surface area contributed by atoms with E-state index in [-0.39, 0.29) is 6.03 Å². The van der Waals surface area contributed by atoms with Gasteiger partial charge in [0.15, 0.2) is 0 Å². The lowest BCUT2D eigenvalue weighted by molar-refractivity contribution is 0.0607. The maximum absolute atomic E-state index is 12.5. The van der Waals surface area contributed by atoms with E-state index in [9.17, 15) is 9.59 Å². The van der Waals surface area contributed by atoms with Crippen LogP contribution in [0.25, 0.3) is 6.08 Å². The number of esters is 1. The number of hydrogen-bond donors (Lipinski definition) is 1. The lowest BCUT2D eigenvalue weighted by Gasteiger charge is -2.34. The van der Waals surface area contributed by atoms with Crippen molar-refractivity contribution < 1.29 is 14.3 Å². The molecule has 1 fully saturated rings. The molecule has 1 aromatic carbocycles. The molecule has 0 spiro atoms. The smallest absolute Gasteiger partial charge is 0.350 e. The fourth-order valence-electron chi connectivity index (χ4n) is 2.89. The molecule has 142 valence electrons. The zero-order chi connectivity index (χ0) is 19.1. The van der Waals surface area contributed by atoms with Gasteiger partial charge in [-0.1, -0.05) is 42.5 Å². The van der Waals surface area contributed by atoms with E-state index in [0.29, 0.717) is 23.7 Å². The molecule has 2 heterocycles. The molecule has 1 N–H and O–H groups in total. The summed E-state index contributed by atoms with van der Waals surface area (Å²) in [5, 5.41) is 4.58. The van der Waals surface area contributed by atoms with Crippen LogP contribution in [0.3, 0.4) is 0 Å². The molecule has 1 aliphatic rings. The Morgan fingerprint density at radius 1 is 1.15 bits per heavy atom. The number of nitrogens with zero attached hydrogens (tertiary/aromatic N) is 2. The Bertz CT molecular complexity index is 796. The van der Waals surface area contributed by atoms with Gasteiger partial charge < -0.3 is 15.0 Å². The third-order valence-corrected chi connectivity index (χ3v) is 5.31. The van der Waals surface area contributed by atoms with Crippen molar-refractivity contribution in [2.75, 3.05) is 45.2 Å².